The largest absolute Gasteiger partial charge is 0.452 e. The number of ether oxygens (including phenoxy) is 1. The molecule has 1 aromatic carbocycles. The van der Waals surface area contributed by atoms with Gasteiger partial charge in [0.15, 0.2) is 6.61 Å². The highest BCUT2D eigenvalue weighted by Crippen LogP contribution is 2.22. The minimum atomic E-state index is -1.00. The summed E-state index contributed by atoms with van der Waals surface area (Å²) in [5.41, 5.74) is 1.68. The van der Waals surface area contributed by atoms with E-state index in [2.05, 4.69) is 5.10 Å². The van der Waals surface area contributed by atoms with Gasteiger partial charge in [-0.2, -0.15) is 10.4 Å². The number of aromatic nitrogens is 2. The van der Waals surface area contributed by atoms with Crippen molar-refractivity contribution in [1.82, 2.24) is 14.7 Å². The number of amides is 1. The number of halogens is 1. The molecule has 0 atom stereocenters. The highest BCUT2D eigenvalue weighted by molar-refractivity contribution is 6.32. The first-order chi connectivity index (χ1) is 13.1. The molecule has 2 aromatic rings. The number of likely N-dealkylation sites (N-methyl/N-ethyl adjacent to an activating group) is 1. The molecule has 1 aromatic heterocycles. The van der Waals surface area contributed by atoms with E-state index in [1.165, 1.54) is 16.6 Å². The molecule has 7 nitrogen and oxygen atoms in total. The van der Waals surface area contributed by atoms with Crippen molar-refractivity contribution in [3.63, 3.8) is 0 Å². The molecule has 0 aliphatic rings. The number of carbonyl (C=O) groups excluding carboxylic acids is 2. The molecule has 0 bridgehead atoms. The van der Waals surface area contributed by atoms with Crippen LogP contribution in [0.4, 0.5) is 0 Å². The molecule has 8 heteroatoms. The normalized spacial score (nSPS) is 11.0. The minimum absolute atomic E-state index is 0.128. The third-order valence-electron chi connectivity index (χ3n) is 4.54. The summed E-state index contributed by atoms with van der Waals surface area (Å²) < 4.78 is 6.63. The van der Waals surface area contributed by atoms with E-state index >= 15 is 0 Å². The smallest absolute Gasteiger partial charge is 0.343 e. The van der Waals surface area contributed by atoms with Gasteiger partial charge in [0.1, 0.15) is 16.3 Å². The van der Waals surface area contributed by atoms with Gasteiger partial charge in [0.2, 0.25) is 0 Å². The summed E-state index contributed by atoms with van der Waals surface area (Å²) in [6.45, 7) is 6.77. The predicted molar refractivity (Wildman–Crippen MR) is 105 cm³/mol. The molecule has 1 amide bonds. The molecule has 0 saturated heterocycles. The van der Waals surface area contributed by atoms with Crippen molar-refractivity contribution < 1.29 is 14.3 Å². The Balaban J connectivity index is 2.10. The second-order valence-electron chi connectivity index (χ2n) is 7.09. The van der Waals surface area contributed by atoms with Gasteiger partial charge in [-0.25, -0.2) is 9.48 Å². The molecule has 0 fully saturated rings. The van der Waals surface area contributed by atoms with E-state index in [1.54, 1.807) is 20.8 Å². The molecule has 0 spiro atoms. The fourth-order valence-corrected chi connectivity index (χ4v) is 2.75. The van der Waals surface area contributed by atoms with E-state index in [0.29, 0.717) is 12.2 Å². The molecular weight excluding hydrogens is 380 g/mol. The van der Waals surface area contributed by atoms with Crippen LogP contribution in [0.15, 0.2) is 24.3 Å². The van der Waals surface area contributed by atoms with Gasteiger partial charge in [0.25, 0.3) is 5.91 Å². The Morgan fingerprint density at radius 2 is 1.89 bits per heavy atom. The summed E-state index contributed by atoms with van der Waals surface area (Å²) in [5, 5.41) is 13.6. The second kappa shape index (κ2) is 8.44. The molecule has 0 radical (unpaired) electrons. The van der Waals surface area contributed by atoms with Crippen LogP contribution >= 0.6 is 11.6 Å². The van der Waals surface area contributed by atoms with Crippen LogP contribution in [0.5, 0.6) is 0 Å². The van der Waals surface area contributed by atoms with Crippen LogP contribution < -0.4 is 0 Å². The Bertz CT molecular complexity index is 926. The number of nitriles is 1. The number of benzene rings is 1. The van der Waals surface area contributed by atoms with Crippen LogP contribution in [-0.2, 0) is 16.1 Å². The average molecular weight is 403 g/mol. The third-order valence-corrected chi connectivity index (χ3v) is 4.92. The van der Waals surface area contributed by atoms with E-state index in [1.807, 2.05) is 37.3 Å². The van der Waals surface area contributed by atoms with Gasteiger partial charge in [0, 0.05) is 7.05 Å². The molecule has 2 rings (SSSR count). The lowest BCUT2D eigenvalue weighted by Crippen LogP contribution is -2.45. The van der Waals surface area contributed by atoms with Gasteiger partial charge in [0.05, 0.1) is 18.3 Å². The molecule has 0 saturated carbocycles. The van der Waals surface area contributed by atoms with Gasteiger partial charge < -0.3 is 9.64 Å². The zero-order chi connectivity index (χ0) is 21.1. The van der Waals surface area contributed by atoms with Gasteiger partial charge in [-0.3, -0.25) is 4.79 Å². The SMILES string of the molecule is Cc1ccc(Cn2nc(C)c(C(=O)OCC(=O)N(C)C(C)(C)C#N)c2Cl)cc1. The van der Waals surface area contributed by atoms with Crippen LogP contribution in [-0.4, -0.2) is 45.8 Å². The Morgan fingerprint density at radius 3 is 2.46 bits per heavy atom. The van der Waals surface area contributed by atoms with Crippen LogP contribution in [0.2, 0.25) is 5.15 Å². The number of esters is 1. The first-order valence-corrected chi connectivity index (χ1v) is 9.08. The number of hydrogen-bond donors (Lipinski definition) is 0. The lowest BCUT2D eigenvalue weighted by atomic mass is 10.1. The van der Waals surface area contributed by atoms with Gasteiger partial charge in [-0.1, -0.05) is 41.4 Å². The van der Waals surface area contributed by atoms with Crippen molar-refractivity contribution >= 4 is 23.5 Å². The van der Waals surface area contributed by atoms with Gasteiger partial charge in [-0.15, -0.1) is 0 Å². The topological polar surface area (TPSA) is 88.2 Å². The highest BCUT2D eigenvalue weighted by Gasteiger charge is 2.29. The Morgan fingerprint density at radius 1 is 1.29 bits per heavy atom. The molecule has 0 aliphatic heterocycles. The van der Waals surface area contributed by atoms with Crippen LogP contribution in [0, 0.1) is 25.2 Å². The maximum absolute atomic E-state index is 12.4. The fraction of sp³-hybridized carbons (Fsp3) is 0.400. The average Bonchev–Trinajstić information content (AvgIpc) is 2.94. The van der Waals surface area contributed by atoms with Crippen molar-refractivity contribution in [2.24, 2.45) is 0 Å². The maximum atomic E-state index is 12.4. The van der Waals surface area contributed by atoms with E-state index < -0.39 is 24.0 Å². The summed E-state index contributed by atoms with van der Waals surface area (Å²) in [7, 11) is 1.48. The van der Waals surface area contributed by atoms with Crippen LogP contribution in [0.3, 0.4) is 0 Å². The minimum Gasteiger partial charge on any atom is -0.452 e. The Kier molecular flexibility index (Phi) is 6.47. The van der Waals surface area contributed by atoms with Gasteiger partial charge in [-0.05, 0) is 33.3 Å². The van der Waals surface area contributed by atoms with Crippen molar-refractivity contribution in [3.8, 4) is 6.07 Å². The van der Waals surface area contributed by atoms with E-state index in [9.17, 15) is 9.59 Å². The van der Waals surface area contributed by atoms with Crippen LogP contribution in [0.25, 0.3) is 0 Å². The first-order valence-electron chi connectivity index (χ1n) is 8.70. The predicted octanol–water partition coefficient (Wildman–Crippen LogP) is 3.12. The Labute approximate surface area is 169 Å². The van der Waals surface area contributed by atoms with E-state index in [4.69, 9.17) is 21.6 Å². The Hall–Kier alpha value is -2.85. The zero-order valence-corrected chi connectivity index (χ0v) is 17.4. The van der Waals surface area contributed by atoms with Crippen LogP contribution in [0.1, 0.15) is 41.0 Å². The number of hydrogen-bond acceptors (Lipinski definition) is 5. The number of carbonyl (C=O) groups is 2. The summed E-state index contributed by atoms with van der Waals surface area (Å²) in [6.07, 6.45) is 0. The molecule has 0 N–H and O–H groups in total. The molecule has 28 heavy (non-hydrogen) atoms. The third kappa shape index (κ3) is 4.70. The summed E-state index contributed by atoms with van der Waals surface area (Å²) in [5.74, 6) is -1.21. The first kappa shape index (κ1) is 21.5. The lowest BCUT2D eigenvalue weighted by Gasteiger charge is -2.28. The van der Waals surface area contributed by atoms with E-state index in [0.717, 1.165) is 11.1 Å². The lowest BCUT2D eigenvalue weighted by molar-refractivity contribution is -0.136. The molecule has 0 unspecified atom stereocenters. The maximum Gasteiger partial charge on any atom is 0.343 e. The monoisotopic (exact) mass is 402 g/mol. The standard InChI is InChI=1S/C20H23ClN4O3/c1-13-6-8-15(9-7-13)10-25-18(21)17(14(2)23-25)19(27)28-11-16(26)24(5)20(3,4)12-22/h6-9H,10-11H2,1-5H3. The zero-order valence-electron chi connectivity index (χ0n) is 16.6. The second-order valence-corrected chi connectivity index (χ2v) is 7.45. The highest BCUT2D eigenvalue weighted by atomic mass is 35.5. The molecule has 1 heterocycles. The van der Waals surface area contributed by atoms with Crippen molar-refractivity contribution in [3.05, 3.63) is 51.8 Å². The molecular formula is C20H23ClN4O3. The summed E-state index contributed by atoms with van der Waals surface area (Å²) in [4.78, 5) is 25.9. The molecule has 0 aliphatic carbocycles. The van der Waals surface area contributed by atoms with Crippen molar-refractivity contribution in [2.75, 3.05) is 13.7 Å². The number of nitrogens with zero attached hydrogens (tertiary/aromatic N) is 4. The van der Waals surface area contributed by atoms with Crippen molar-refractivity contribution in [2.45, 2.75) is 39.8 Å². The van der Waals surface area contributed by atoms with E-state index in [-0.39, 0.29) is 10.7 Å². The van der Waals surface area contributed by atoms with Gasteiger partial charge >= 0.3 is 5.97 Å². The quantitative estimate of drug-likeness (QED) is 0.692. The molecule has 148 valence electrons. The fourth-order valence-electron chi connectivity index (χ4n) is 2.44. The van der Waals surface area contributed by atoms with Crippen molar-refractivity contribution in [1.29, 1.82) is 5.26 Å². The summed E-state index contributed by atoms with van der Waals surface area (Å²) >= 11 is 6.34. The summed E-state index contributed by atoms with van der Waals surface area (Å²) in [6, 6.07) is 9.92. The number of rotatable bonds is 6. The number of aryl methyl sites for hydroxylation is 2.